The fraction of sp³-hybridized carbons (Fsp3) is 1.00. The zero-order valence-corrected chi connectivity index (χ0v) is 6.65. The molecule has 1 heteroatoms. The summed E-state index contributed by atoms with van der Waals surface area (Å²) in [5.74, 6) is 1.72. The molecule has 1 nitrogen and oxygen atoms in total. The summed E-state index contributed by atoms with van der Waals surface area (Å²) in [5.41, 5.74) is 0. The number of hydrogen-bond donors (Lipinski definition) is 1. The van der Waals surface area contributed by atoms with Crippen LogP contribution in [-0.2, 0) is 0 Å². The fourth-order valence-corrected chi connectivity index (χ4v) is 1.46. The van der Waals surface area contributed by atoms with Crippen LogP contribution in [0.2, 0.25) is 0 Å². The molecule has 0 aromatic heterocycles. The summed E-state index contributed by atoms with van der Waals surface area (Å²) in [6.45, 7) is 8.11. The molecule has 1 fully saturated rings. The van der Waals surface area contributed by atoms with Crippen LogP contribution in [-0.4, -0.2) is 12.6 Å². The summed E-state index contributed by atoms with van der Waals surface area (Å²) < 4.78 is 0. The standard InChI is InChI=1S/C8H17N/c1-6(2)8-4-7(3)5-9-8/h6-9H,4-5H2,1-3H3/t7-,8+/m0/s1. The van der Waals surface area contributed by atoms with E-state index in [-0.39, 0.29) is 0 Å². The highest BCUT2D eigenvalue weighted by molar-refractivity contribution is 4.80. The summed E-state index contributed by atoms with van der Waals surface area (Å²) in [7, 11) is 0. The van der Waals surface area contributed by atoms with Crippen molar-refractivity contribution in [3.8, 4) is 0 Å². The molecule has 0 saturated carbocycles. The van der Waals surface area contributed by atoms with Crippen LogP contribution in [0.1, 0.15) is 27.2 Å². The van der Waals surface area contributed by atoms with Gasteiger partial charge in [-0.05, 0) is 24.8 Å². The quantitative estimate of drug-likeness (QED) is 0.564. The van der Waals surface area contributed by atoms with E-state index < -0.39 is 0 Å². The predicted octanol–water partition coefficient (Wildman–Crippen LogP) is 1.64. The Kier molecular flexibility index (Phi) is 2.12. The normalized spacial score (nSPS) is 36.0. The lowest BCUT2D eigenvalue weighted by molar-refractivity contribution is 0.444. The molecule has 0 aromatic rings. The van der Waals surface area contributed by atoms with Crippen LogP contribution < -0.4 is 5.32 Å². The molecule has 0 aromatic carbocycles. The zero-order valence-electron chi connectivity index (χ0n) is 6.65. The van der Waals surface area contributed by atoms with Gasteiger partial charge < -0.3 is 5.32 Å². The second-order valence-corrected chi connectivity index (χ2v) is 3.60. The van der Waals surface area contributed by atoms with Crippen LogP contribution in [0, 0.1) is 11.8 Å². The van der Waals surface area contributed by atoms with Crippen molar-refractivity contribution in [3.63, 3.8) is 0 Å². The van der Waals surface area contributed by atoms with Crippen molar-refractivity contribution in [2.24, 2.45) is 11.8 Å². The van der Waals surface area contributed by atoms with E-state index in [9.17, 15) is 0 Å². The summed E-state index contributed by atoms with van der Waals surface area (Å²) in [6, 6.07) is 0.792. The molecule has 9 heavy (non-hydrogen) atoms. The van der Waals surface area contributed by atoms with Gasteiger partial charge in [-0.3, -0.25) is 0 Å². The highest BCUT2D eigenvalue weighted by Crippen LogP contribution is 2.18. The Labute approximate surface area is 57.8 Å². The molecular weight excluding hydrogens is 110 g/mol. The van der Waals surface area contributed by atoms with Gasteiger partial charge in [-0.2, -0.15) is 0 Å². The molecular formula is C8H17N. The second kappa shape index (κ2) is 2.70. The maximum atomic E-state index is 3.51. The molecule has 0 unspecified atom stereocenters. The van der Waals surface area contributed by atoms with Gasteiger partial charge in [0.1, 0.15) is 0 Å². The first kappa shape index (κ1) is 7.07. The molecule has 0 radical (unpaired) electrons. The summed E-state index contributed by atoms with van der Waals surface area (Å²) >= 11 is 0. The van der Waals surface area contributed by atoms with Crippen molar-refractivity contribution in [1.82, 2.24) is 5.32 Å². The molecule has 0 spiro atoms. The number of nitrogens with one attached hydrogen (secondary N) is 1. The van der Waals surface area contributed by atoms with Crippen molar-refractivity contribution in [2.45, 2.75) is 33.2 Å². The molecule has 0 bridgehead atoms. The SMILES string of the molecule is CC(C)[C@H]1C[C@H](C)CN1. The Bertz CT molecular complexity index is 88.6. The maximum absolute atomic E-state index is 3.51. The highest BCUT2D eigenvalue weighted by Gasteiger charge is 2.22. The third-order valence-electron chi connectivity index (χ3n) is 2.19. The van der Waals surface area contributed by atoms with Crippen LogP contribution in [0.4, 0.5) is 0 Å². The first-order valence-electron chi connectivity index (χ1n) is 3.93. The molecule has 0 aliphatic carbocycles. The minimum Gasteiger partial charge on any atom is -0.313 e. The Balaban J connectivity index is 2.30. The van der Waals surface area contributed by atoms with Crippen molar-refractivity contribution >= 4 is 0 Å². The van der Waals surface area contributed by atoms with Crippen molar-refractivity contribution in [2.75, 3.05) is 6.54 Å². The Morgan fingerprint density at radius 1 is 1.44 bits per heavy atom. The van der Waals surface area contributed by atoms with Gasteiger partial charge in [-0.25, -0.2) is 0 Å². The van der Waals surface area contributed by atoms with Gasteiger partial charge in [0.25, 0.3) is 0 Å². The maximum Gasteiger partial charge on any atom is 0.00931 e. The van der Waals surface area contributed by atoms with Gasteiger partial charge in [0.15, 0.2) is 0 Å². The number of rotatable bonds is 1. The minimum absolute atomic E-state index is 0.792. The fourth-order valence-electron chi connectivity index (χ4n) is 1.46. The van der Waals surface area contributed by atoms with E-state index in [1.54, 1.807) is 0 Å². The molecule has 0 amide bonds. The van der Waals surface area contributed by atoms with Crippen molar-refractivity contribution in [3.05, 3.63) is 0 Å². The van der Waals surface area contributed by atoms with Crippen LogP contribution in [0.5, 0.6) is 0 Å². The summed E-state index contributed by atoms with van der Waals surface area (Å²) in [4.78, 5) is 0. The van der Waals surface area contributed by atoms with E-state index >= 15 is 0 Å². The zero-order chi connectivity index (χ0) is 6.85. The first-order chi connectivity index (χ1) is 4.20. The van der Waals surface area contributed by atoms with Gasteiger partial charge in [-0.1, -0.05) is 20.8 Å². The summed E-state index contributed by atoms with van der Waals surface area (Å²) in [6.07, 6.45) is 1.37. The Morgan fingerprint density at radius 3 is 2.33 bits per heavy atom. The molecule has 1 aliphatic heterocycles. The van der Waals surface area contributed by atoms with E-state index in [2.05, 4.69) is 26.1 Å². The van der Waals surface area contributed by atoms with E-state index in [1.807, 2.05) is 0 Å². The predicted molar refractivity (Wildman–Crippen MR) is 40.4 cm³/mol. The third kappa shape index (κ3) is 1.68. The Morgan fingerprint density at radius 2 is 2.11 bits per heavy atom. The largest absolute Gasteiger partial charge is 0.313 e. The summed E-state index contributed by atoms with van der Waals surface area (Å²) in [5, 5.41) is 3.51. The smallest absolute Gasteiger partial charge is 0.00931 e. The van der Waals surface area contributed by atoms with E-state index in [0.29, 0.717) is 0 Å². The van der Waals surface area contributed by atoms with E-state index in [0.717, 1.165) is 17.9 Å². The average molecular weight is 127 g/mol. The molecule has 1 rings (SSSR count). The molecule has 1 aliphatic rings. The monoisotopic (exact) mass is 127 g/mol. The van der Waals surface area contributed by atoms with E-state index in [4.69, 9.17) is 0 Å². The average Bonchev–Trinajstić information content (AvgIpc) is 2.14. The van der Waals surface area contributed by atoms with Gasteiger partial charge in [0, 0.05) is 6.04 Å². The minimum atomic E-state index is 0.792. The third-order valence-corrected chi connectivity index (χ3v) is 2.19. The molecule has 54 valence electrons. The van der Waals surface area contributed by atoms with Gasteiger partial charge >= 0.3 is 0 Å². The van der Waals surface area contributed by atoms with Gasteiger partial charge in [-0.15, -0.1) is 0 Å². The lowest BCUT2D eigenvalue weighted by Crippen LogP contribution is -2.26. The van der Waals surface area contributed by atoms with Crippen molar-refractivity contribution in [1.29, 1.82) is 0 Å². The van der Waals surface area contributed by atoms with Crippen LogP contribution in [0.3, 0.4) is 0 Å². The van der Waals surface area contributed by atoms with Gasteiger partial charge in [0.05, 0.1) is 0 Å². The Hall–Kier alpha value is -0.0400. The topological polar surface area (TPSA) is 12.0 Å². The van der Waals surface area contributed by atoms with Crippen LogP contribution >= 0.6 is 0 Å². The van der Waals surface area contributed by atoms with Crippen LogP contribution in [0.15, 0.2) is 0 Å². The highest BCUT2D eigenvalue weighted by atomic mass is 14.9. The molecule has 2 atom stereocenters. The first-order valence-corrected chi connectivity index (χ1v) is 3.93. The molecule has 1 saturated heterocycles. The lowest BCUT2D eigenvalue weighted by atomic mass is 9.99. The van der Waals surface area contributed by atoms with Crippen molar-refractivity contribution < 1.29 is 0 Å². The van der Waals surface area contributed by atoms with E-state index in [1.165, 1.54) is 13.0 Å². The second-order valence-electron chi connectivity index (χ2n) is 3.60. The lowest BCUT2D eigenvalue weighted by Gasteiger charge is -2.13. The number of hydrogen-bond acceptors (Lipinski definition) is 1. The molecule has 1 heterocycles. The van der Waals surface area contributed by atoms with Crippen LogP contribution in [0.25, 0.3) is 0 Å². The van der Waals surface area contributed by atoms with Gasteiger partial charge in [0.2, 0.25) is 0 Å². The molecule has 1 N–H and O–H groups in total.